The van der Waals surface area contributed by atoms with Crippen molar-refractivity contribution >= 4 is 5.97 Å². The first-order valence-electron chi connectivity index (χ1n) is 9.28. The molecule has 0 amide bonds. The molecule has 1 aliphatic heterocycles. The van der Waals surface area contributed by atoms with Crippen molar-refractivity contribution < 1.29 is 14.3 Å². The van der Waals surface area contributed by atoms with Crippen LogP contribution in [0, 0.1) is 11.7 Å². The van der Waals surface area contributed by atoms with Crippen molar-refractivity contribution in [2.75, 3.05) is 13.1 Å². The van der Waals surface area contributed by atoms with Crippen LogP contribution in [0.2, 0.25) is 0 Å². The maximum absolute atomic E-state index is 13.9. The van der Waals surface area contributed by atoms with Crippen molar-refractivity contribution in [1.82, 2.24) is 4.90 Å². The van der Waals surface area contributed by atoms with Crippen molar-refractivity contribution in [3.8, 4) is 0 Å². The summed E-state index contributed by atoms with van der Waals surface area (Å²) in [6.45, 7) is 5.61. The molecule has 1 aliphatic rings. The first kappa shape index (κ1) is 18.6. The highest BCUT2D eigenvalue weighted by atomic mass is 19.1. The van der Waals surface area contributed by atoms with E-state index in [1.165, 1.54) is 11.6 Å². The minimum absolute atomic E-state index is 0.130. The molecule has 2 aromatic carbocycles. The number of carboxylic acids is 1. The van der Waals surface area contributed by atoms with Crippen LogP contribution in [0.5, 0.6) is 0 Å². The molecule has 2 atom stereocenters. The van der Waals surface area contributed by atoms with E-state index in [9.17, 15) is 14.3 Å². The van der Waals surface area contributed by atoms with Gasteiger partial charge in [-0.05, 0) is 54.1 Å². The van der Waals surface area contributed by atoms with Gasteiger partial charge in [0.2, 0.25) is 0 Å². The quantitative estimate of drug-likeness (QED) is 0.835. The molecular formula is C22H26FNO2. The highest BCUT2D eigenvalue weighted by molar-refractivity contribution is 5.70. The Hall–Kier alpha value is -2.20. The van der Waals surface area contributed by atoms with Crippen LogP contribution in [0.15, 0.2) is 48.5 Å². The van der Waals surface area contributed by atoms with Crippen molar-refractivity contribution in [3.05, 3.63) is 71.0 Å². The van der Waals surface area contributed by atoms with Crippen LogP contribution in [0.25, 0.3) is 0 Å². The summed E-state index contributed by atoms with van der Waals surface area (Å²) in [5.41, 5.74) is 3.20. The third kappa shape index (κ3) is 4.13. The molecular weight excluding hydrogens is 329 g/mol. The molecule has 1 N–H and O–H groups in total. The Morgan fingerprint density at radius 3 is 2.42 bits per heavy atom. The van der Waals surface area contributed by atoms with Crippen LogP contribution in [-0.2, 0) is 4.79 Å². The van der Waals surface area contributed by atoms with Gasteiger partial charge >= 0.3 is 5.97 Å². The molecule has 3 rings (SSSR count). The molecule has 2 unspecified atom stereocenters. The summed E-state index contributed by atoms with van der Waals surface area (Å²) in [5.74, 6) is -0.932. The van der Waals surface area contributed by atoms with Crippen LogP contribution < -0.4 is 0 Å². The van der Waals surface area contributed by atoms with E-state index in [2.05, 4.69) is 43.0 Å². The summed E-state index contributed by atoms with van der Waals surface area (Å²) in [7, 11) is 0. The van der Waals surface area contributed by atoms with E-state index < -0.39 is 5.97 Å². The smallest absolute Gasteiger partial charge is 0.307 e. The van der Waals surface area contributed by atoms with E-state index in [1.54, 1.807) is 12.1 Å². The number of benzene rings is 2. The van der Waals surface area contributed by atoms with E-state index in [1.807, 2.05) is 6.07 Å². The Balaban J connectivity index is 1.97. The van der Waals surface area contributed by atoms with Gasteiger partial charge in [0, 0.05) is 6.54 Å². The summed E-state index contributed by atoms with van der Waals surface area (Å²) >= 11 is 0. The molecule has 138 valence electrons. The standard InChI is InChI=1S/C22H26FNO2/c1-15(2)16-8-10-17(11-9-16)21(18-5-3-7-20(23)13-18)24-12-4-6-19(14-24)22(25)26/h3,5,7-11,13,15,19,21H,4,6,12,14H2,1-2H3,(H,25,26). The number of nitrogens with zero attached hydrogens (tertiary/aromatic N) is 1. The fourth-order valence-corrected chi connectivity index (χ4v) is 3.80. The van der Waals surface area contributed by atoms with Crippen LogP contribution in [-0.4, -0.2) is 29.1 Å². The van der Waals surface area contributed by atoms with Crippen LogP contribution >= 0.6 is 0 Å². The molecule has 1 heterocycles. The fraction of sp³-hybridized carbons (Fsp3) is 0.409. The Morgan fingerprint density at radius 1 is 1.12 bits per heavy atom. The molecule has 0 spiro atoms. The Morgan fingerprint density at radius 2 is 1.81 bits per heavy atom. The number of carboxylic acid groups (broad SMARTS) is 1. The highest BCUT2D eigenvalue weighted by Gasteiger charge is 2.31. The molecule has 0 bridgehead atoms. The average Bonchev–Trinajstić information content (AvgIpc) is 2.63. The molecule has 26 heavy (non-hydrogen) atoms. The lowest BCUT2D eigenvalue weighted by atomic mass is 9.90. The molecule has 1 saturated heterocycles. The van der Waals surface area contributed by atoms with E-state index in [4.69, 9.17) is 0 Å². The number of aliphatic carboxylic acids is 1. The Labute approximate surface area is 154 Å². The van der Waals surface area contributed by atoms with Gasteiger partial charge in [-0.2, -0.15) is 0 Å². The number of likely N-dealkylation sites (tertiary alicyclic amines) is 1. The molecule has 0 radical (unpaired) electrons. The lowest BCUT2D eigenvalue weighted by molar-refractivity contribution is -0.143. The lowest BCUT2D eigenvalue weighted by Gasteiger charge is -2.37. The third-order valence-electron chi connectivity index (χ3n) is 5.25. The monoisotopic (exact) mass is 355 g/mol. The van der Waals surface area contributed by atoms with Crippen LogP contribution in [0.1, 0.15) is 55.3 Å². The minimum atomic E-state index is -0.747. The van der Waals surface area contributed by atoms with Gasteiger partial charge in [0.25, 0.3) is 0 Å². The van der Waals surface area contributed by atoms with Crippen molar-refractivity contribution in [3.63, 3.8) is 0 Å². The van der Waals surface area contributed by atoms with Crippen molar-refractivity contribution in [2.24, 2.45) is 5.92 Å². The van der Waals surface area contributed by atoms with E-state index in [-0.39, 0.29) is 17.8 Å². The van der Waals surface area contributed by atoms with Gasteiger partial charge in [0.05, 0.1) is 12.0 Å². The predicted molar refractivity (Wildman–Crippen MR) is 101 cm³/mol. The zero-order valence-electron chi connectivity index (χ0n) is 15.4. The van der Waals surface area contributed by atoms with Crippen molar-refractivity contribution in [1.29, 1.82) is 0 Å². The largest absolute Gasteiger partial charge is 0.481 e. The second-order valence-electron chi connectivity index (χ2n) is 7.45. The number of carbonyl (C=O) groups is 1. The molecule has 2 aromatic rings. The van der Waals surface area contributed by atoms with Gasteiger partial charge in [-0.15, -0.1) is 0 Å². The highest BCUT2D eigenvalue weighted by Crippen LogP contribution is 2.33. The summed E-state index contributed by atoms with van der Waals surface area (Å²) in [6.07, 6.45) is 1.54. The SMILES string of the molecule is CC(C)c1ccc(C(c2cccc(F)c2)N2CCCC(C(=O)O)C2)cc1. The Kier molecular flexibility index (Phi) is 5.72. The van der Waals surface area contributed by atoms with Gasteiger partial charge in [-0.1, -0.05) is 50.2 Å². The first-order chi connectivity index (χ1) is 12.5. The summed E-state index contributed by atoms with van der Waals surface area (Å²) in [5, 5.41) is 9.43. The second kappa shape index (κ2) is 8.00. The topological polar surface area (TPSA) is 40.5 Å². The zero-order chi connectivity index (χ0) is 18.7. The summed E-state index contributed by atoms with van der Waals surface area (Å²) < 4.78 is 13.9. The molecule has 1 fully saturated rings. The predicted octanol–water partition coefficient (Wildman–Crippen LogP) is 4.84. The lowest BCUT2D eigenvalue weighted by Crippen LogP contribution is -2.41. The first-order valence-corrected chi connectivity index (χ1v) is 9.28. The van der Waals surface area contributed by atoms with Gasteiger partial charge in [-0.3, -0.25) is 9.69 Å². The second-order valence-corrected chi connectivity index (χ2v) is 7.45. The third-order valence-corrected chi connectivity index (χ3v) is 5.25. The molecule has 0 aromatic heterocycles. The molecule has 0 aliphatic carbocycles. The normalized spacial score (nSPS) is 19.5. The molecule has 3 nitrogen and oxygen atoms in total. The van der Waals surface area contributed by atoms with E-state index in [0.717, 1.165) is 24.1 Å². The average molecular weight is 355 g/mol. The number of piperidine rings is 1. The number of hydrogen-bond acceptors (Lipinski definition) is 2. The number of halogens is 1. The maximum atomic E-state index is 13.9. The minimum Gasteiger partial charge on any atom is -0.481 e. The summed E-state index contributed by atoms with van der Waals surface area (Å²) in [4.78, 5) is 13.7. The number of hydrogen-bond donors (Lipinski definition) is 1. The fourth-order valence-electron chi connectivity index (χ4n) is 3.80. The number of rotatable bonds is 5. The molecule has 0 saturated carbocycles. The Bertz CT molecular complexity index is 757. The van der Waals surface area contributed by atoms with Crippen LogP contribution in [0.4, 0.5) is 4.39 Å². The van der Waals surface area contributed by atoms with Crippen molar-refractivity contribution in [2.45, 2.75) is 38.6 Å². The van der Waals surface area contributed by atoms with Gasteiger partial charge in [-0.25, -0.2) is 4.39 Å². The molecule has 4 heteroatoms. The zero-order valence-corrected chi connectivity index (χ0v) is 15.4. The maximum Gasteiger partial charge on any atom is 0.307 e. The summed E-state index contributed by atoms with van der Waals surface area (Å²) in [6, 6.07) is 14.9. The van der Waals surface area contributed by atoms with Gasteiger partial charge < -0.3 is 5.11 Å². The van der Waals surface area contributed by atoms with E-state index in [0.29, 0.717) is 18.9 Å². The van der Waals surface area contributed by atoms with Gasteiger partial charge in [0.1, 0.15) is 5.82 Å². The van der Waals surface area contributed by atoms with Gasteiger partial charge in [0.15, 0.2) is 0 Å². The van der Waals surface area contributed by atoms with E-state index >= 15 is 0 Å². The van der Waals surface area contributed by atoms with Crippen LogP contribution in [0.3, 0.4) is 0 Å².